The van der Waals surface area contributed by atoms with E-state index in [9.17, 15) is 0 Å². The normalized spacial score (nSPS) is 16.2. The summed E-state index contributed by atoms with van der Waals surface area (Å²) < 4.78 is 0. The van der Waals surface area contributed by atoms with E-state index in [1.807, 2.05) is 13.8 Å². The summed E-state index contributed by atoms with van der Waals surface area (Å²) in [6.45, 7) is 3.89. The third-order valence-electron chi connectivity index (χ3n) is 1.06. The first kappa shape index (κ1) is 8.48. The van der Waals surface area contributed by atoms with Crippen molar-refractivity contribution in [2.24, 2.45) is 0 Å². The summed E-state index contributed by atoms with van der Waals surface area (Å²) in [5.41, 5.74) is 0. The van der Waals surface area contributed by atoms with E-state index in [1.165, 1.54) is 0 Å². The average molecular weight is 127 g/mol. The number of terminal acetylenes is 1. The van der Waals surface area contributed by atoms with Crippen molar-refractivity contribution in [1.29, 1.82) is 0 Å². The van der Waals surface area contributed by atoms with Crippen LogP contribution in [0.1, 0.15) is 13.8 Å². The Kier molecular flexibility index (Phi) is 4.12. The molecular formula is C7H13NO. The van der Waals surface area contributed by atoms with Crippen LogP contribution in [0.3, 0.4) is 0 Å². The third kappa shape index (κ3) is 4.01. The molecule has 0 rings (SSSR count). The van der Waals surface area contributed by atoms with Crippen molar-refractivity contribution in [3.63, 3.8) is 0 Å². The van der Waals surface area contributed by atoms with Crippen LogP contribution in [0.15, 0.2) is 0 Å². The lowest BCUT2D eigenvalue weighted by Gasteiger charge is -2.12. The molecular weight excluding hydrogens is 114 g/mol. The fourth-order valence-electron chi connectivity index (χ4n) is 0.528. The Morgan fingerprint density at radius 3 is 2.56 bits per heavy atom. The lowest BCUT2D eigenvalue weighted by Crippen LogP contribution is -2.35. The Hall–Kier alpha value is -0.520. The minimum Gasteiger partial charge on any atom is -0.395 e. The quantitative estimate of drug-likeness (QED) is 0.522. The second kappa shape index (κ2) is 4.37. The van der Waals surface area contributed by atoms with Gasteiger partial charge in [-0.25, -0.2) is 0 Å². The van der Waals surface area contributed by atoms with E-state index < -0.39 is 0 Å². The van der Waals surface area contributed by atoms with Crippen molar-refractivity contribution in [3.05, 3.63) is 0 Å². The zero-order chi connectivity index (χ0) is 7.28. The molecule has 2 heteroatoms. The van der Waals surface area contributed by atoms with E-state index >= 15 is 0 Å². The molecule has 2 N–H and O–H groups in total. The summed E-state index contributed by atoms with van der Waals surface area (Å²) >= 11 is 0. The molecule has 0 radical (unpaired) electrons. The predicted molar refractivity (Wildman–Crippen MR) is 38.0 cm³/mol. The molecule has 0 aliphatic rings. The molecule has 0 heterocycles. The molecule has 52 valence electrons. The van der Waals surface area contributed by atoms with Gasteiger partial charge in [0.05, 0.1) is 12.6 Å². The van der Waals surface area contributed by atoms with Gasteiger partial charge in [0, 0.05) is 6.04 Å². The molecule has 0 saturated carbocycles. The van der Waals surface area contributed by atoms with Crippen molar-refractivity contribution in [3.8, 4) is 12.3 Å². The maximum Gasteiger partial charge on any atom is 0.0661 e. The van der Waals surface area contributed by atoms with Crippen LogP contribution < -0.4 is 5.32 Å². The van der Waals surface area contributed by atoms with Crippen LogP contribution >= 0.6 is 0 Å². The Morgan fingerprint density at radius 1 is 1.67 bits per heavy atom. The molecule has 9 heavy (non-hydrogen) atoms. The van der Waals surface area contributed by atoms with Gasteiger partial charge in [-0.05, 0) is 13.8 Å². The maximum atomic E-state index is 8.55. The largest absolute Gasteiger partial charge is 0.395 e. The first-order valence-electron chi connectivity index (χ1n) is 3.03. The minimum atomic E-state index is 0.0483. The van der Waals surface area contributed by atoms with Crippen molar-refractivity contribution < 1.29 is 5.11 Å². The molecule has 0 aromatic heterocycles. The lowest BCUT2D eigenvalue weighted by atomic mass is 10.3. The number of hydrogen-bond acceptors (Lipinski definition) is 2. The molecule has 0 aliphatic carbocycles. The van der Waals surface area contributed by atoms with Gasteiger partial charge in [-0.2, -0.15) is 0 Å². The highest BCUT2D eigenvalue weighted by atomic mass is 16.3. The van der Waals surface area contributed by atoms with Crippen LogP contribution in [-0.4, -0.2) is 23.8 Å². The monoisotopic (exact) mass is 127 g/mol. The molecule has 0 saturated heterocycles. The van der Waals surface area contributed by atoms with Crippen molar-refractivity contribution >= 4 is 0 Å². The standard InChI is InChI=1S/C7H13NO/c1-4-6(2)8-7(3)5-9/h1,6-9H,5H2,2-3H3. The molecule has 0 fully saturated rings. The first-order chi connectivity index (χ1) is 4.20. The van der Waals surface area contributed by atoms with Crippen molar-refractivity contribution in [2.45, 2.75) is 25.9 Å². The molecule has 0 bridgehead atoms. The second-order valence-electron chi connectivity index (χ2n) is 2.14. The molecule has 2 nitrogen and oxygen atoms in total. The summed E-state index contributed by atoms with van der Waals surface area (Å²) in [6, 6.07) is 0.142. The maximum absolute atomic E-state index is 8.55. The second-order valence-corrected chi connectivity index (χ2v) is 2.14. The first-order valence-corrected chi connectivity index (χ1v) is 3.03. The lowest BCUT2D eigenvalue weighted by molar-refractivity contribution is 0.248. The smallest absolute Gasteiger partial charge is 0.0661 e. The SMILES string of the molecule is C#CC(C)NC(C)CO. The van der Waals surface area contributed by atoms with Crippen LogP contribution in [-0.2, 0) is 0 Å². The summed E-state index contributed by atoms with van der Waals surface area (Å²) in [4.78, 5) is 0. The summed E-state index contributed by atoms with van der Waals surface area (Å²) in [6.07, 6.45) is 5.08. The van der Waals surface area contributed by atoms with E-state index in [0.717, 1.165) is 0 Å². The summed E-state index contributed by atoms with van der Waals surface area (Å²) in [5.74, 6) is 2.51. The van der Waals surface area contributed by atoms with Gasteiger partial charge in [0.15, 0.2) is 0 Å². The van der Waals surface area contributed by atoms with Gasteiger partial charge in [0.2, 0.25) is 0 Å². The Bertz CT molecular complexity index is 106. The zero-order valence-electron chi connectivity index (χ0n) is 5.89. The van der Waals surface area contributed by atoms with Gasteiger partial charge in [-0.15, -0.1) is 6.42 Å². The molecule has 2 atom stereocenters. The fraction of sp³-hybridized carbons (Fsp3) is 0.714. The van der Waals surface area contributed by atoms with Crippen LogP contribution in [0.5, 0.6) is 0 Å². The average Bonchev–Trinajstić information content (AvgIpc) is 1.87. The summed E-state index contributed by atoms with van der Waals surface area (Å²) in [5, 5.41) is 11.5. The van der Waals surface area contributed by atoms with Gasteiger partial charge in [-0.3, -0.25) is 5.32 Å². The topological polar surface area (TPSA) is 32.3 Å². The zero-order valence-corrected chi connectivity index (χ0v) is 5.89. The highest BCUT2D eigenvalue weighted by Crippen LogP contribution is 1.82. The molecule has 0 aromatic rings. The van der Waals surface area contributed by atoms with E-state index in [4.69, 9.17) is 11.5 Å². The van der Waals surface area contributed by atoms with Gasteiger partial charge in [-0.1, -0.05) is 5.92 Å². The van der Waals surface area contributed by atoms with E-state index in [1.54, 1.807) is 0 Å². The molecule has 0 spiro atoms. The van der Waals surface area contributed by atoms with Crippen LogP contribution in [0, 0.1) is 12.3 Å². The van der Waals surface area contributed by atoms with Crippen molar-refractivity contribution in [1.82, 2.24) is 5.32 Å². The fourth-order valence-corrected chi connectivity index (χ4v) is 0.528. The number of hydrogen-bond donors (Lipinski definition) is 2. The number of aliphatic hydroxyl groups is 1. The van der Waals surface area contributed by atoms with E-state index in [0.29, 0.717) is 0 Å². The number of rotatable bonds is 3. The van der Waals surface area contributed by atoms with E-state index in [2.05, 4.69) is 11.2 Å². The molecule has 0 aromatic carbocycles. The van der Waals surface area contributed by atoms with Crippen molar-refractivity contribution in [2.75, 3.05) is 6.61 Å². The van der Waals surface area contributed by atoms with E-state index in [-0.39, 0.29) is 18.7 Å². The van der Waals surface area contributed by atoms with Gasteiger partial charge >= 0.3 is 0 Å². The Morgan fingerprint density at radius 2 is 2.22 bits per heavy atom. The van der Waals surface area contributed by atoms with Gasteiger partial charge in [0.25, 0.3) is 0 Å². The molecule has 0 aliphatic heterocycles. The Balaban J connectivity index is 3.37. The minimum absolute atomic E-state index is 0.0483. The Labute approximate surface area is 56.3 Å². The van der Waals surface area contributed by atoms with Crippen LogP contribution in [0.25, 0.3) is 0 Å². The number of nitrogens with one attached hydrogen (secondary N) is 1. The predicted octanol–water partition coefficient (Wildman–Crippen LogP) is -0.0215. The third-order valence-corrected chi connectivity index (χ3v) is 1.06. The van der Waals surface area contributed by atoms with Crippen LogP contribution in [0.2, 0.25) is 0 Å². The molecule has 0 amide bonds. The highest BCUT2D eigenvalue weighted by Gasteiger charge is 2.00. The number of aliphatic hydroxyl groups excluding tert-OH is 1. The summed E-state index contributed by atoms with van der Waals surface area (Å²) in [7, 11) is 0. The van der Waals surface area contributed by atoms with Gasteiger partial charge < -0.3 is 5.11 Å². The van der Waals surface area contributed by atoms with Crippen LogP contribution in [0.4, 0.5) is 0 Å². The highest BCUT2D eigenvalue weighted by molar-refractivity contribution is 4.96. The molecule has 2 unspecified atom stereocenters. The van der Waals surface area contributed by atoms with Gasteiger partial charge in [0.1, 0.15) is 0 Å².